The normalized spacial score (nSPS) is 11.3. The van der Waals surface area contributed by atoms with Crippen molar-refractivity contribution in [2.75, 3.05) is 11.1 Å². The molecule has 0 radical (unpaired) electrons. The molecule has 0 saturated heterocycles. The average molecular weight is 536 g/mol. The molecular formula is C22H22BrN3O4S2. The molecule has 0 saturated carbocycles. The highest BCUT2D eigenvalue weighted by molar-refractivity contribution is 9.10. The lowest BCUT2D eigenvalue weighted by Crippen LogP contribution is -2.20. The van der Waals surface area contributed by atoms with Gasteiger partial charge in [-0.15, -0.1) is 0 Å². The van der Waals surface area contributed by atoms with Crippen LogP contribution in [-0.2, 0) is 21.1 Å². The van der Waals surface area contributed by atoms with Gasteiger partial charge in [0.2, 0.25) is 15.7 Å². The first-order valence-corrected chi connectivity index (χ1v) is 13.2. The number of anilines is 1. The second kappa shape index (κ2) is 10.9. The number of rotatable bonds is 9. The molecule has 0 atom stereocenters. The summed E-state index contributed by atoms with van der Waals surface area (Å²) in [7, 11) is -4.00. The molecule has 0 aliphatic rings. The fraction of sp³-hybridized carbons (Fsp3) is 0.227. The summed E-state index contributed by atoms with van der Waals surface area (Å²) in [6.45, 7) is 2.09. The molecule has 1 amide bonds. The summed E-state index contributed by atoms with van der Waals surface area (Å²) in [5, 5.41) is 2.89. The Morgan fingerprint density at radius 2 is 1.81 bits per heavy atom. The number of aromatic nitrogens is 2. The largest absolute Gasteiger partial charge is 0.325 e. The quantitative estimate of drug-likeness (QED) is 0.309. The minimum absolute atomic E-state index is 0.00429. The lowest BCUT2D eigenvalue weighted by molar-refractivity contribution is -0.113. The van der Waals surface area contributed by atoms with Crippen LogP contribution in [0.1, 0.15) is 25.3 Å². The number of thioether (sulfide) groups is 1. The Morgan fingerprint density at radius 1 is 1.12 bits per heavy atom. The monoisotopic (exact) mass is 535 g/mol. The van der Waals surface area contributed by atoms with E-state index in [4.69, 9.17) is 0 Å². The van der Waals surface area contributed by atoms with Crippen LogP contribution in [0.5, 0.6) is 0 Å². The number of carbonyl (C=O) groups is 1. The molecular weight excluding hydrogens is 514 g/mol. The van der Waals surface area contributed by atoms with Gasteiger partial charge in [0.1, 0.15) is 0 Å². The van der Waals surface area contributed by atoms with Crippen LogP contribution in [-0.4, -0.2) is 30.0 Å². The van der Waals surface area contributed by atoms with E-state index < -0.39 is 20.3 Å². The Labute approximate surface area is 199 Å². The third-order valence-corrected chi connectivity index (χ3v) is 7.73. The molecule has 2 N–H and O–H groups in total. The predicted octanol–water partition coefficient (Wildman–Crippen LogP) is 4.44. The predicted molar refractivity (Wildman–Crippen MR) is 129 cm³/mol. The first kappa shape index (κ1) is 24.2. The number of hydrogen-bond acceptors (Lipinski definition) is 6. The van der Waals surface area contributed by atoms with Crippen LogP contribution in [0.15, 0.2) is 78.9 Å². The van der Waals surface area contributed by atoms with Crippen molar-refractivity contribution < 1.29 is 13.2 Å². The topological polar surface area (TPSA) is 109 Å². The number of H-pyrrole nitrogens is 1. The molecule has 0 aliphatic carbocycles. The number of amides is 1. The Hall–Kier alpha value is -2.43. The summed E-state index contributed by atoms with van der Waals surface area (Å²) in [5.74, 6) is -0.274. The number of hydrogen-bond donors (Lipinski definition) is 2. The zero-order valence-electron chi connectivity index (χ0n) is 17.3. The molecule has 2 aromatic carbocycles. The molecule has 0 bridgehead atoms. The maximum absolute atomic E-state index is 12.9. The number of aryl methyl sites for hydroxylation is 1. The van der Waals surface area contributed by atoms with E-state index in [-0.39, 0.29) is 21.7 Å². The van der Waals surface area contributed by atoms with Crippen molar-refractivity contribution in [3.63, 3.8) is 0 Å². The lowest BCUT2D eigenvalue weighted by atomic mass is 10.1. The molecule has 7 nitrogen and oxygen atoms in total. The average Bonchev–Trinajstić information content (AvgIpc) is 2.78. The van der Waals surface area contributed by atoms with Gasteiger partial charge < -0.3 is 10.3 Å². The summed E-state index contributed by atoms with van der Waals surface area (Å²) in [6, 6.07) is 13.7. The molecule has 168 valence electrons. The lowest BCUT2D eigenvalue weighted by Gasteiger charge is -2.07. The number of aromatic amines is 1. The van der Waals surface area contributed by atoms with Crippen LogP contribution in [0.4, 0.5) is 5.69 Å². The number of nitrogens with zero attached hydrogens (tertiary/aromatic N) is 1. The standard InChI is InChI=1S/C22H22BrN3O4S2/c1-2-3-4-15-5-11-18(12-6-15)32(29,30)19-13-24-22(26-21(19)28)31-14-20(27)25-17-9-7-16(23)8-10-17/h5-13H,2-4,14H2,1H3,(H,25,27)(H,24,26,28). The number of benzene rings is 2. The van der Waals surface area contributed by atoms with Crippen LogP contribution in [0.2, 0.25) is 0 Å². The van der Waals surface area contributed by atoms with Crippen molar-refractivity contribution in [3.05, 3.63) is 75.1 Å². The van der Waals surface area contributed by atoms with Crippen molar-refractivity contribution in [1.29, 1.82) is 0 Å². The van der Waals surface area contributed by atoms with E-state index in [0.717, 1.165) is 47.3 Å². The first-order chi connectivity index (χ1) is 15.3. The molecule has 32 heavy (non-hydrogen) atoms. The zero-order chi connectivity index (χ0) is 23.1. The van der Waals surface area contributed by atoms with E-state index in [1.807, 2.05) is 0 Å². The van der Waals surface area contributed by atoms with Gasteiger partial charge in [-0.1, -0.05) is 53.2 Å². The smallest absolute Gasteiger partial charge is 0.270 e. The van der Waals surface area contributed by atoms with E-state index in [9.17, 15) is 18.0 Å². The van der Waals surface area contributed by atoms with Gasteiger partial charge in [-0.2, -0.15) is 0 Å². The van der Waals surface area contributed by atoms with Crippen LogP contribution in [0.25, 0.3) is 0 Å². The molecule has 0 spiro atoms. The third-order valence-electron chi connectivity index (χ3n) is 4.55. The van der Waals surface area contributed by atoms with Crippen molar-refractivity contribution >= 4 is 49.1 Å². The van der Waals surface area contributed by atoms with Gasteiger partial charge in [-0.3, -0.25) is 9.59 Å². The molecule has 3 aromatic rings. The number of unbranched alkanes of at least 4 members (excludes halogenated alkanes) is 1. The first-order valence-electron chi connectivity index (χ1n) is 9.91. The van der Waals surface area contributed by atoms with Gasteiger partial charge >= 0.3 is 0 Å². The summed E-state index contributed by atoms with van der Waals surface area (Å²) in [6.07, 6.45) is 3.99. The number of halogens is 1. The second-order valence-electron chi connectivity index (χ2n) is 6.98. The van der Waals surface area contributed by atoms with Crippen LogP contribution in [0, 0.1) is 0 Å². The maximum Gasteiger partial charge on any atom is 0.270 e. The van der Waals surface area contributed by atoms with E-state index in [1.54, 1.807) is 36.4 Å². The van der Waals surface area contributed by atoms with E-state index in [0.29, 0.717) is 5.69 Å². The minimum atomic E-state index is -4.00. The molecule has 1 heterocycles. The summed E-state index contributed by atoms with van der Waals surface area (Å²) in [4.78, 5) is 30.6. The van der Waals surface area contributed by atoms with Gasteiger partial charge in [-0.05, 0) is 54.8 Å². The minimum Gasteiger partial charge on any atom is -0.325 e. The van der Waals surface area contributed by atoms with Crippen molar-refractivity contribution in [2.24, 2.45) is 0 Å². The van der Waals surface area contributed by atoms with Gasteiger partial charge in [0, 0.05) is 10.2 Å². The van der Waals surface area contributed by atoms with Gasteiger partial charge in [0.15, 0.2) is 10.1 Å². The molecule has 10 heteroatoms. The molecule has 0 aliphatic heterocycles. The van der Waals surface area contributed by atoms with E-state index in [2.05, 4.69) is 38.1 Å². The number of nitrogens with one attached hydrogen (secondary N) is 2. The van der Waals surface area contributed by atoms with Crippen LogP contribution in [0.3, 0.4) is 0 Å². The van der Waals surface area contributed by atoms with Gasteiger partial charge in [0.05, 0.1) is 16.8 Å². The van der Waals surface area contributed by atoms with Crippen molar-refractivity contribution in [2.45, 2.75) is 41.1 Å². The number of sulfone groups is 1. The number of carbonyl (C=O) groups excluding carboxylic acids is 1. The molecule has 0 unspecified atom stereocenters. The Balaban J connectivity index is 1.66. The fourth-order valence-electron chi connectivity index (χ4n) is 2.84. The highest BCUT2D eigenvalue weighted by Crippen LogP contribution is 2.20. The second-order valence-corrected chi connectivity index (χ2v) is 10.8. The summed E-state index contributed by atoms with van der Waals surface area (Å²) < 4.78 is 26.6. The van der Waals surface area contributed by atoms with E-state index >= 15 is 0 Å². The summed E-state index contributed by atoms with van der Waals surface area (Å²) in [5.41, 5.74) is 0.916. The zero-order valence-corrected chi connectivity index (χ0v) is 20.5. The van der Waals surface area contributed by atoms with Gasteiger partial charge in [0.25, 0.3) is 5.56 Å². The fourth-order valence-corrected chi connectivity index (χ4v) is 4.97. The van der Waals surface area contributed by atoms with Crippen LogP contribution >= 0.6 is 27.7 Å². The highest BCUT2D eigenvalue weighted by atomic mass is 79.9. The Bertz CT molecular complexity index is 1240. The Kier molecular flexibility index (Phi) is 8.27. The highest BCUT2D eigenvalue weighted by Gasteiger charge is 2.22. The molecule has 3 rings (SSSR count). The van der Waals surface area contributed by atoms with Crippen LogP contribution < -0.4 is 10.9 Å². The SMILES string of the molecule is CCCCc1ccc(S(=O)(=O)c2cnc(SCC(=O)Nc3ccc(Br)cc3)[nH]c2=O)cc1. The third kappa shape index (κ3) is 6.30. The van der Waals surface area contributed by atoms with Gasteiger partial charge in [-0.25, -0.2) is 13.4 Å². The van der Waals surface area contributed by atoms with Crippen molar-refractivity contribution in [1.82, 2.24) is 9.97 Å². The maximum atomic E-state index is 12.9. The Morgan fingerprint density at radius 3 is 2.44 bits per heavy atom. The molecule has 1 aromatic heterocycles. The van der Waals surface area contributed by atoms with E-state index in [1.165, 1.54) is 12.1 Å². The summed E-state index contributed by atoms with van der Waals surface area (Å²) >= 11 is 4.33. The molecule has 0 fully saturated rings. The van der Waals surface area contributed by atoms with Crippen molar-refractivity contribution in [3.8, 4) is 0 Å².